The normalized spacial score (nSPS) is 17.6. The number of primary amides is 1. The van der Waals surface area contributed by atoms with Gasteiger partial charge in [-0.1, -0.05) is 0 Å². The van der Waals surface area contributed by atoms with E-state index in [-0.39, 0.29) is 17.6 Å². The Hall–Kier alpha value is -0.750. The molecule has 0 spiro atoms. The van der Waals surface area contributed by atoms with Crippen LogP contribution in [-0.4, -0.2) is 40.6 Å². The van der Waals surface area contributed by atoms with Gasteiger partial charge in [0, 0.05) is 18.7 Å². The fourth-order valence-corrected chi connectivity index (χ4v) is 2.13. The summed E-state index contributed by atoms with van der Waals surface area (Å²) in [6.07, 6.45) is 2.92. The Bertz CT molecular complexity index is 267. The largest absolute Gasteiger partial charge is 0.388 e. The number of amides is 2. The zero-order valence-electron chi connectivity index (χ0n) is 9.20. The summed E-state index contributed by atoms with van der Waals surface area (Å²) in [5.74, 6) is 0.371. The van der Waals surface area contributed by atoms with Crippen molar-refractivity contribution in [1.82, 2.24) is 5.32 Å². The van der Waals surface area contributed by atoms with Crippen LogP contribution < -0.4 is 11.1 Å². The minimum absolute atomic E-state index is 0.0858. The standard InChI is InChI=1S/C10H18N2O3S/c11-8(13)6-16-5-2-9(14)12-7-10(15)3-1-4-10/h15H,1-7H2,(H2,11,13)(H,12,14). The average Bonchev–Trinajstić information content (AvgIpc) is 2.18. The van der Waals surface area contributed by atoms with E-state index in [0.29, 0.717) is 18.7 Å². The maximum absolute atomic E-state index is 11.3. The molecule has 1 fully saturated rings. The molecule has 0 unspecified atom stereocenters. The van der Waals surface area contributed by atoms with Crippen LogP contribution in [0.15, 0.2) is 0 Å². The van der Waals surface area contributed by atoms with Crippen molar-refractivity contribution in [1.29, 1.82) is 0 Å². The van der Waals surface area contributed by atoms with Crippen molar-refractivity contribution in [3.05, 3.63) is 0 Å². The highest BCUT2D eigenvalue weighted by molar-refractivity contribution is 7.99. The maximum atomic E-state index is 11.3. The van der Waals surface area contributed by atoms with E-state index in [1.54, 1.807) is 0 Å². The number of hydrogen-bond acceptors (Lipinski definition) is 4. The first-order valence-electron chi connectivity index (χ1n) is 5.37. The number of nitrogens with two attached hydrogens (primary N) is 1. The third-order valence-corrected chi connectivity index (χ3v) is 3.60. The van der Waals surface area contributed by atoms with Crippen LogP contribution >= 0.6 is 11.8 Å². The number of aliphatic hydroxyl groups is 1. The molecule has 92 valence electrons. The highest BCUT2D eigenvalue weighted by Crippen LogP contribution is 2.30. The van der Waals surface area contributed by atoms with Crippen molar-refractivity contribution >= 4 is 23.6 Å². The maximum Gasteiger partial charge on any atom is 0.227 e. The molecular formula is C10H18N2O3S. The van der Waals surface area contributed by atoms with E-state index in [0.717, 1.165) is 19.3 Å². The van der Waals surface area contributed by atoms with Gasteiger partial charge in [-0.05, 0) is 19.3 Å². The second-order valence-corrected chi connectivity index (χ2v) is 5.23. The van der Waals surface area contributed by atoms with Crippen LogP contribution in [0.4, 0.5) is 0 Å². The lowest BCUT2D eigenvalue weighted by Gasteiger charge is -2.36. The second kappa shape index (κ2) is 6.10. The minimum Gasteiger partial charge on any atom is -0.388 e. The molecule has 0 radical (unpaired) electrons. The lowest BCUT2D eigenvalue weighted by Crippen LogP contribution is -2.47. The van der Waals surface area contributed by atoms with Gasteiger partial charge in [-0.25, -0.2) is 0 Å². The van der Waals surface area contributed by atoms with E-state index >= 15 is 0 Å². The molecule has 0 aromatic carbocycles. The Morgan fingerprint density at radius 2 is 2.12 bits per heavy atom. The summed E-state index contributed by atoms with van der Waals surface area (Å²) in [5, 5.41) is 12.4. The minimum atomic E-state index is -0.671. The predicted molar refractivity (Wildman–Crippen MR) is 62.9 cm³/mol. The second-order valence-electron chi connectivity index (χ2n) is 4.12. The smallest absolute Gasteiger partial charge is 0.227 e. The van der Waals surface area contributed by atoms with Gasteiger partial charge in [0.2, 0.25) is 11.8 Å². The monoisotopic (exact) mass is 246 g/mol. The number of carbonyl (C=O) groups excluding carboxylic acids is 2. The SMILES string of the molecule is NC(=O)CSCCC(=O)NCC1(O)CCC1. The number of hydrogen-bond donors (Lipinski definition) is 3. The molecule has 5 nitrogen and oxygen atoms in total. The van der Waals surface area contributed by atoms with Crippen LogP contribution in [0.1, 0.15) is 25.7 Å². The Morgan fingerprint density at radius 1 is 1.44 bits per heavy atom. The summed E-state index contributed by atoms with van der Waals surface area (Å²) in [7, 11) is 0. The van der Waals surface area contributed by atoms with Crippen molar-refractivity contribution in [3.63, 3.8) is 0 Å². The molecule has 6 heteroatoms. The molecule has 0 heterocycles. The summed E-state index contributed by atoms with van der Waals surface area (Å²) in [6, 6.07) is 0. The van der Waals surface area contributed by atoms with Gasteiger partial charge < -0.3 is 16.2 Å². The number of rotatable bonds is 7. The lowest BCUT2D eigenvalue weighted by molar-refractivity contribution is -0.123. The molecule has 1 rings (SSSR count). The van der Waals surface area contributed by atoms with Crippen molar-refractivity contribution in [2.24, 2.45) is 5.73 Å². The first-order valence-corrected chi connectivity index (χ1v) is 6.52. The molecule has 0 atom stereocenters. The van der Waals surface area contributed by atoms with Gasteiger partial charge >= 0.3 is 0 Å². The highest BCUT2D eigenvalue weighted by Gasteiger charge is 2.34. The van der Waals surface area contributed by atoms with Crippen molar-refractivity contribution in [2.45, 2.75) is 31.3 Å². The molecule has 1 aliphatic carbocycles. The average molecular weight is 246 g/mol. The Balaban J connectivity index is 2.00. The molecule has 0 aromatic rings. The third kappa shape index (κ3) is 4.85. The number of thioether (sulfide) groups is 1. The molecule has 1 aliphatic rings. The quantitative estimate of drug-likeness (QED) is 0.534. The molecule has 0 saturated heterocycles. The molecule has 1 saturated carbocycles. The van der Waals surface area contributed by atoms with E-state index in [4.69, 9.17) is 5.73 Å². The topological polar surface area (TPSA) is 92.4 Å². The van der Waals surface area contributed by atoms with E-state index in [1.807, 2.05) is 0 Å². The fraction of sp³-hybridized carbons (Fsp3) is 0.800. The van der Waals surface area contributed by atoms with Gasteiger partial charge in [0.05, 0.1) is 11.4 Å². The van der Waals surface area contributed by atoms with Gasteiger partial charge in [0.25, 0.3) is 0 Å². The van der Waals surface area contributed by atoms with Gasteiger partial charge in [-0.15, -0.1) is 0 Å². The molecule has 2 amide bonds. The predicted octanol–water partition coefficient (Wildman–Crippen LogP) is -0.374. The molecular weight excluding hydrogens is 228 g/mol. The van der Waals surface area contributed by atoms with Crippen LogP contribution in [0.3, 0.4) is 0 Å². The van der Waals surface area contributed by atoms with Crippen molar-refractivity contribution in [3.8, 4) is 0 Å². The van der Waals surface area contributed by atoms with E-state index < -0.39 is 5.60 Å². The summed E-state index contributed by atoms with van der Waals surface area (Å²) in [5.41, 5.74) is 4.29. The molecule has 4 N–H and O–H groups in total. The molecule has 0 aliphatic heterocycles. The summed E-state index contributed by atoms with van der Waals surface area (Å²) in [4.78, 5) is 21.7. The summed E-state index contributed by atoms with van der Waals surface area (Å²) < 4.78 is 0. The Labute approximate surface area is 99.1 Å². The first-order chi connectivity index (χ1) is 7.52. The van der Waals surface area contributed by atoms with Crippen LogP contribution in [0, 0.1) is 0 Å². The fourth-order valence-electron chi connectivity index (χ4n) is 1.45. The third-order valence-electron chi connectivity index (χ3n) is 2.62. The molecule has 16 heavy (non-hydrogen) atoms. The zero-order chi connectivity index (χ0) is 12.0. The van der Waals surface area contributed by atoms with Gasteiger partial charge in [-0.3, -0.25) is 9.59 Å². The number of nitrogens with one attached hydrogen (secondary N) is 1. The first kappa shape index (κ1) is 13.3. The van der Waals surface area contributed by atoms with Crippen LogP contribution in [-0.2, 0) is 9.59 Å². The van der Waals surface area contributed by atoms with Crippen molar-refractivity contribution in [2.75, 3.05) is 18.1 Å². The lowest BCUT2D eigenvalue weighted by atomic mass is 9.80. The Morgan fingerprint density at radius 3 is 2.62 bits per heavy atom. The number of carbonyl (C=O) groups is 2. The van der Waals surface area contributed by atoms with E-state index in [9.17, 15) is 14.7 Å². The highest BCUT2D eigenvalue weighted by atomic mass is 32.2. The Kier molecular flexibility index (Phi) is 5.08. The van der Waals surface area contributed by atoms with Crippen LogP contribution in [0.25, 0.3) is 0 Å². The van der Waals surface area contributed by atoms with Crippen LogP contribution in [0.2, 0.25) is 0 Å². The molecule has 0 bridgehead atoms. The zero-order valence-corrected chi connectivity index (χ0v) is 10.0. The summed E-state index contributed by atoms with van der Waals surface area (Å²) in [6.45, 7) is 0.340. The van der Waals surface area contributed by atoms with Crippen molar-refractivity contribution < 1.29 is 14.7 Å². The van der Waals surface area contributed by atoms with Gasteiger partial charge in [0.1, 0.15) is 0 Å². The van der Waals surface area contributed by atoms with Gasteiger partial charge in [-0.2, -0.15) is 11.8 Å². The molecule has 0 aromatic heterocycles. The van der Waals surface area contributed by atoms with E-state index in [2.05, 4.69) is 5.32 Å². The van der Waals surface area contributed by atoms with Crippen LogP contribution in [0.5, 0.6) is 0 Å². The van der Waals surface area contributed by atoms with E-state index in [1.165, 1.54) is 11.8 Å². The van der Waals surface area contributed by atoms with Gasteiger partial charge in [0.15, 0.2) is 0 Å². The summed E-state index contributed by atoms with van der Waals surface area (Å²) >= 11 is 1.34.